The minimum absolute atomic E-state index is 0.157. The molecule has 0 saturated carbocycles. The molecule has 4 amide bonds. The summed E-state index contributed by atoms with van der Waals surface area (Å²) in [5.74, 6) is 0.142. The Kier molecular flexibility index (Phi) is 14.0. The van der Waals surface area contributed by atoms with Crippen LogP contribution in [0.15, 0.2) is 77.8 Å². The molecule has 3 heterocycles. The van der Waals surface area contributed by atoms with E-state index in [0.717, 1.165) is 26.7 Å². The molecule has 272 valence electrons. The van der Waals surface area contributed by atoms with Gasteiger partial charge in [0.05, 0.1) is 27.6 Å². The Labute approximate surface area is 309 Å². The molecule has 51 heavy (non-hydrogen) atoms. The summed E-state index contributed by atoms with van der Waals surface area (Å²) in [5.41, 5.74) is 4.75. The molecule has 2 N–H and O–H groups in total. The van der Waals surface area contributed by atoms with E-state index in [9.17, 15) is 14.4 Å². The van der Waals surface area contributed by atoms with Crippen molar-refractivity contribution in [3.8, 4) is 0 Å². The number of aromatic nitrogens is 2. The first kappa shape index (κ1) is 37.9. The first-order valence-corrected chi connectivity index (χ1v) is 19.2. The van der Waals surface area contributed by atoms with Crippen molar-refractivity contribution in [2.75, 3.05) is 33.7 Å². The van der Waals surface area contributed by atoms with Crippen molar-refractivity contribution in [3.05, 3.63) is 104 Å². The summed E-state index contributed by atoms with van der Waals surface area (Å²) in [4.78, 5) is 56.0. The number of nitrogens with zero attached hydrogens (tertiary/aromatic N) is 5. The van der Waals surface area contributed by atoms with Gasteiger partial charge in [-0.05, 0) is 43.9 Å². The fourth-order valence-corrected chi connectivity index (χ4v) is 7.50. The molecule has 1 saturated heterocycles. The number of thiazole rings is 2. The number of ether oxygens (including phenoxy) is 1. The highest BCUT2D eigenvalue weighted by molar-refractivity contribution is 7.09. The topological polar surface area (TPSA) is 120 Å². The standard InChI is InChI=1S/C38H49N7O4S2/c1-27(2)36-41-32(25-50-36)22-44(4)38(48)45-18-17-43(3)23-34(45)35(46)40-30(19-28-11-7-5-8-12-28)15-16-31(20-29-13-9-6-10-14-29)42-37(47)49-24-33-21-39-26-51-33/h5-14,21,25-27,30-31,34H,15-20,22-24H2,1-4H3,(H,40,46)(H,42,47). The summed E-state index contributed by atoms with van der Waals surface area (Å²) in [7, 11) is 3.74. The highest BCUT2D eigenvalue weighted by Crippen LogP contribution is 2.21. The van der Waals surface area contributed by atoms with Gasteiger partial charge in [0, 0.05) is 56.3 Å². The first-order chi connectivity index (χ1) is 24.6. The van der Waals surface area contributed by atoms with E-state index in [0.29, 0.717) is 57.8 Å². The van der Waals surface area contributed by atoms with Crippen LogP contribution in [0.4, 0.5) is 9.59 Å². The van der Waals surface area contributed by atoms with Crippen molar-refractivity contribution in [2.45, 2.75) is 76.7 Å². The average molecular weight is 732 g/mol. The van der Waals surface area contributed by atoms with Gasteiger partial charge in [0.1, 0.15) is 12.6 Å². The van der Waals surface area contributed by atoms with Gasteiger partial charge in [-0.2, -0.15) is 0 Å². The second kappa shape index (κ2) is 18.8. The molecule has 1 aliphatic heterocycles. The van der Waals surface area contributed by atoms with Crippen molar-refractivity contribution in [1.29, 1.82) is 0 Å². The largest absolute Gasteiger partial charge is 0.444 e. The lowest BCUT2D eigenvalue weighted by Crippen LogP contribution is -2.62. The zero-order chi connectivity index (χ0) is 36.2. The molecule has 3 atom stereocenters. The van der Waals surface area contributed by atoms with Gasteiger partial charge in [0.25, 0.3) is 0 Å². The Hall–Kier alpha value is -4.33. The van der Waals surface area contributed by atoms with Gasteiger partial charge < -0.3 is 30.1 Å². The number of nitrogens with one attached hydrogen (secondary N) is 2. The van der Waals surface area contributed by atoms with E-state index in [2.05, 4.69) is 46.5 Å². The van der Waals surface area contributed by atoms with E-state index >= 15 is 0 Å². The molecule has 11 nitrogen and oxygen atoms in total. The normalized spacial score (nSPS) is 16.0. The van der Waals surface area contributed by atoms with Crippen molar-refractivity contribution in [1.82, 2.24) is 35.3 Å². The van der Waals surface area contributed by atoms with Crippen molar-refractivity contribution in [2.24, 2.45) is 0 Å². The van der Waals surface area contributed by atoms with E-state index in [4.69, 9.17) is 9.72 Å². The monoisotopic (exact) mass is 731 g/mol. The first-order valence-electron chi connectivity index (χ1n) is 17.5. The molecule has 3 unspecified atom stereocenters. The van der Waals surface area contributed by atoms with Gasteiger partial charge in [-0.15, -0.1) is 22.7 Å². The Morgan fingerprint density at radius 3 is 2.18 bits per heavy atom. The van der Waals surface area contributed by atoms with Crippen LogP contribution in [0.2, 0.25) is 0 Å². The van der Waals surface area contributed by atoms with Crippen LogP contribution < -0.4 is 10.6 Å². The number of likely N-dealkylation sites (N-methyl/N-ethyl adjacent to an activating group) is 1. The molecule has 5 rings (SSSR count). The quantitative estimate of drug-likeness (QED) is 0.156. The maximum Gasteiger partial charge on any atom is 0.407 e. The fraction of sp³-hybridized carbons (Fsp3) is 0.447. The lowest BCUT2D eigenvalue weighted by molar-refractivity contribution is -0.128. The summed E-state index contributed by atoms with van der Waals surface area (Å²) in [6.45, 7) is 6.30. The maximum atomic E-state index is 14.2. The molecule has 1 fully saturated rings. The number of rotatable bonds is 15. The lowest BCUT2D eigenvalue weighted by atomic mass is 9.95. The molecule has 2 aromatic carbocycles. The summed E-state index contributed by atoms with van der Waals surface area (Å²) in [6, 6.07) is 18.8. The molecular formula is C38H49N7O4S2. The predicted octanol–water partition coefficient (Wildman–Crippen LogP) is 5.94. The van der Waals surface area contributed by atoms with Gasteiger partial charge in [-0.25, -0.2) is 14.6 Å². The van der Waals surface area contributed by atoms with Gasteiger partial charge >= 0.3 is 12.1 Å². The molecular weight excluding hydrogens is 683 g/mol. The van der Waals surface area contributed by atoms with Crippen LogP contribution in [0.3, 0.4) is 0 Å². The number of amides is 4. The van der Waals surface area contributed by atoms with Gasteiger partial charge in [-0.3, -0.25) is 9.78 Å². The highest BCUT2D eigenvalue weighted by atomic mass is 32.1. The van der Waals surface area contributed by atoms with E-state index in [1.54, 1.807) is 39.9 Å². The molecule has 1 aliphatic rings. The van der Waals surface area contributed by atoms with Crippen molar-refractivity contribution < 1.29 is 19.1 Å². The second-order valence-corrected chi connectivity index (χ2v) is 15.3. The zero-order valence-corrected chi connectivity index (χ0v) is 31.5. The summed E-state index contributed by atoms with van der Waals surface area (Å²) in [5, 5.41) is 9.44. The third-order valence-electron chi connectivity index (χ3n) is 8.93. The predicted molar refractivity (Wildman–Crippen MR) is 202 cm³/mol. The van der Waals surface area contributed by atoms with Gasteiger partial charge in [0.15, 0.2) is 0 Å². The summed E-state index contributed by atoms with van der Waals surface area (Å²) < 4.78 is 5.51. The molecule has 0 spiro atoms. The van der Waals surface area contributed by atoms with E-state index in [-0.39, 0.29) is 30.6 Å². The Bertz CT molecular complexity index is 1670. The minimum atomic E-state index is -0.654. The number of carbonyl (C=O) groups excluding carboxylic acids is 3. The van der Waals surface area contributed by atoms with Crippen molar-refractivity contribution in [3.63, 3.8) is 0 Å². The lowest BCUT2D eigenvalue weighted by Gasteiger charge is -2.41. The number of alkyl carbamates (subject to hydrolysis) is 1. The maximum absolute atomic E-state index is 14.2. The van der Waals surface area contributed by atoms with Crippen LogP contribution >= 0.6 is 22.7 Å². The van der Waals surface area contributed by atoms with Crippen molar-refractivity contribution >= 4 is 40.7 Å². The van der Waals surface area contributed by atoms with Crippen LogP contribution in [0.1, 0.15) is 59.3 Å². The Balaban J connectivity index is 1.28. The smallest absolute Gasteiger partial charge is 0.407 e. The molecule has 4 aromatic rings. The molecule has 13 heteroatoms. The van der Waals surface area contributed by atoms with Crippen LogP contribution in [0.25, 0.3) is 0 Å². The minimum Gasteiger partial charge on any atom is -0.444 e. The highest BCUT2D eigenvalue weighted by Gasteiger charge is 2.36. The SMILES string of the molecule is CC(C)c1nc(CN(C)C(=O)N2CCN(C)CC2C(=O)NC(CCC(Cc2ccccc2)NC(=O)OCc2cncs2)Cc2ccccc2)cs1. The Morgan fingerprint density at radius 1 is 0.941 bits per heavy atom. The third-order valence-corrected chi connectivity index (χ3v) is 10.9. The number of carbonyl (C=O) groups is 3. The van der Waals surface area contributed by atoms with Crippen LogP contribution in [0, 0.1) is 0 Å². The molecule has 2 aromatic heterocycles. The fourth-order valence-electron chi connectivity index (χ4n) is 6.17. The number of urea groups is 1. The summed E-state index contributed by atoms with van der Waals surface area (Å²) in [6.07, 6.45) is 3.63. The van der Waals surface area contributed by atoms with Crippen LogP contribution in [-0.2, 0) is 35.5 Å². The third kappa shape index (κ3) is 11.6. The van der Waals surface area contributed by atoms with Gasteiger partial charge in [0.2, 0.25) is 5.91 Å². The van der Waals surface area contributed by atoms with E-state index in [1.807, 2.05) is 61.0 Å². The van der Waals surface area contributed by atoms with Crippen LogP contribution in [0.5, 0.6) is 0 Å². The van der Waals surface area contributed by atoms with Gasteiger partial charge in [-0.1, -0.05) is 74.5 Å². The summed E-state index contributed by atoms with van der Waals surface area (Å²) >= 11 is 3.04. The number of piperazine rings is 1. The van der Waals surface area contributed by atoms with Crippen LogP contribution in [-0.4, -0.2) is 94.6 Å². The number of hydrogen-bond acceptors (Lipinski definition) is 9. The average Bonchev–Trinajstić information content (AvgIpc) is 3.83. The van der Waals surface area contributed by atoms with E-state index < -0.39 is 12.1 Å². The van der Waals surface area contributed by atoms with E-state index in [1.165, 1.54) is 11.3 Å². The number of hydrogen-bond donors (Lipinski definition) is 2. The number of benzene rings is 2. The Morgan fingerprint density at radius 2 is 1.59 bits per heavy atom. The molecule has 0 bridgehead atoms. The zero-order valence-electron chi connectivity index (χ0n) is 29.9. The second-order valence-electron chi connectivity index (χ2n) is 13.5. The molecule has 0 aliphatic carbocycles. The molecule has 0 radical (unpaired) electrons.